The summed E-state index contributed by atoms with van der Waals surface area (Å²) in [5, 5.41) is 31.6. The van der Waals surface area contributed by atoms with Crippen LogP contribution in [0, 0.1) is 22.7 Å². The fraction of sp³-hybridized carbons (Fsp3) is 0.739. The van der Waals surface area contributed by atoms with E-state index in [1.807, 2.05) is 0 Å². The average Bonchev–Trinajstić information content (AvgIpc) is 3.20. The van der Waals surface area contributed by atoms with Gasteiger partial charge in [0.05, 0.1) is 12.7 Å². The first-order valence-corrected chi connectivity index (χ1v) is 10.7. The van der Waals surface area contributed by atoms with Crippen molar-refractivity contribution in [2.75, 3.05) is 0 Å². The van der Waals surface area contributed by atoms with Gasteiger partial charge >= 0.3 is 0 Å². The van der Waals surface area contributed by atoms with Gasteiger partial charge in [-0.1, -0.05) is 27.7 Å². The highest BCUT2D eigenvalue weighted by atomic mass is 16.6. The summed E-state index contributed by atoms with van der Waals surface area (Å²) in [5.41, 5.74) is 1.69. The van der Waals surface area contributed by atoms with Crippen LogP contribution in [0.2, 0.25) is 0 Å². The second kappa shape index (κ2) is 5.65. The molecule has 0 bridgehead atoms. The van der Waals surface area contributed by atoms with E-state index in [1.54, 1.807) is 6.07 Å². The lowest BCUT2D eigenvalue weighted by atomic mass is 9.43. The molecule has 2 heterocycles. The van der Waals surface area contributed by atoms with E-state index in [9.17, 15) is 15.3 Å². The van der Waals surface area contributed by atoms with E-state index >= 15 is 0 Å². The number of hydrogen-bond donors (Lipinski definition) is 3. The first kappa shape index (κ1) is 18.7. The zero-order chi connectivity index (χ0) is 20.1. The van der Waals surface area contributed by atoms with E-state index in [-0.39, 0.29) is 22.7 Å². The van der Waals surface area contributed by atoms with Crippen LogP contribution < -0.4 is 4.74 Å². The van der Waals surface area contributed by atoms with Gasteiger partial charge in [0.15, 0.2) is 6.29 Å². The molecular formula is C23H32O5. The van der Waals surface area contributed by atoms with Gasteiger partial charge in [0, 0.05) is 28.5 Å². The van der Waals surface area contributed by atoms with Crippen LogP contribution in [0.1, 0.15) is 76.4 Å². The Hall–Kier alpha value is -1.30. The molecule has 0 amide bonds. The van der Waals surface area contributed by atoms with Crippen LogP contribution in [0.15, 0.2) is 6.07 Å². The Morgan fingerprint density at radius 3 is 2.57 bits per heavy atom. The monoisotopic (exact) mass is 388 g/mol. The summed E-state index contributed by atoms with van der Waals surface area (Å²) in [4.78, 5) is 0. The topological polar surface area (TPSA) is 79.2 Å². The van der Waals surface area contributed by atoms with Crippen LogP contribution in [-0.2, 0) is 17.8 Å². The van der Waals surface area contributed by atoms with Gasteiger partial charge in [0.2, 0.25) is 0 Å². The summed E-state index contributed by atoms with van der Waals surface area (Å²) < 4.78 is 12.3. The van der Waals surface area contributed by atoms with Crippen molar-refractivity contribution in [3.05, 3.63) is 22.8 Å². The lowest BCUT2D eigenvalue weighted by Gasteiger charge is -2.64. The predicted octanol–water partition coefficient (Wildman–Crippen LogP) is 3.82. The fourth-order valence-corrected chi connectivity index (χ4v) is 7.19. The van der Waals surface area contributed by atoms with Gasteiger partial charge in [-0.15, -0.1) is 0 Å². The second-order valence-corrected chi connectivity index (χ2v) is 10.4. The number of hydrogen-bond acceptors (Lipinski definition) is 5. The van der Waals surface area contributed by atoms with E-state index in [4.69, 9.17) is 9.47 Å². The molecule has 4 aliphatic rings. The number of fused-ring (bicyclic) bond motifs is 5. The van der Waals surface area contributed by atoms with Crippen LogP contribution >= 0.6 is 0 Å². The lowest BCUT2D eigenvalue weighted by Crippen LogP contribution is -2.66. The smallest absolute Gasteiger partial charge is 0.182 e. The van der Waals surface area contributed by atoms with E-state index in [0.29, 0.717) is 30.4 Å². The fourth-order valence-electron chi connectivity index (χ4n) is 7.19. The zero-order valence-corrected chi connectivity index (χ0v) is 17.3. The van der Waals surface area contributed by atoms with Gasteiger partial charge in [-0.3, -0.25) is 0 Å². The Labute approximate surface area is 166 Å². The van der Waals surface area contributed by atoms with Gasteiger partial charge in [-0.05, 0) is 49.0 Å². The summed E-state index contributed by atoms with van der Waals surface area (Å²) in [6.45, 7) is 9.33. The Kier molecular flexibility index (Phi) is 3.77. The molecule has 3 N–H and O–H groups in total. The van der Waals surface area contributed by atoms with Crippen molar-refractivity contribution in [2.24, 2.45) is 22.7 Å². The normalized spacial score (nSPS) is 43.4. The number of aliphatic hydroxyl groups excluding tert-OH is 2. The van der Waals surface area contributed by atoms with Crippen LogP contribution in [0.4, 0.5) is 0 Å². The SMILES string of the molecule is C[C@H]1CC[C@H]2C(C)(C)[C@H](O)CC[C@]2(C)[C@]12Cc1c(O)cc3c(c1O2)CO[C@H]3O. The maximum atomic E-state index is 10.8. The number of benzene rings is 1. The molecular weight excluding hydrogens is 356 g/mol. The molecule has 154 valence electrons. The van der Waals surface area contributed by atoms with Gasteiger partial charge in [0.25, 0.3) is 0 Å². The number of ether oxygens (including phenoxy) is 2. The van der Waals surface area contributed by atoms with Crippen LogP contribution in [-0.4, -0.2) is 27.0 Å². The standard InChI is InChI=1S/C23H32O5/c1-12-5-6-17-21(2,3)18(25)7-8-22(17,4)23(12)10-14-16(24)9-13-15(19(14)28-23)11-27-20(13)26/h9,12,17-18,20,24-26H,5-8,10-11H2,1-4H3/t12-,17-,18+,20+,22-,23-/m0/s1. The Bertz CT molecular complexity index is 833. The molecule has 0 aromatic heterocycles. The zero-order valence-electron chi connectivity index (χ0n) is 17.3. The summed E-state index contributed by atoms with van der Waals surface area (Å²) in [6, 6.07) is 1.65. The molecule has 28 heavy (non-hydrogen) atoms. The Morgan fingerprint density at radius 1 is 1.07 bits per heavy atom. The minimum Gasteiger partial charge on any atom is -0.508 e. The molecule has 1 spiro atoms. The summed E-state index contributed by atoms with van der Waals surface area (Å²) in [6.07, 6.45) is 3.23. The van der Waals surface area contributed by atoms with Crippen LogP contribution in [0.5, 0.6) is 11.5 Å². The van der Waals surface area contributed by atoms with Crippen LogP contribution in [0.3, 0.4) is 0 Å². The molecule has 5 heteroatoms. The van der Waals surface area contributed by atoms with Crippen molar-refractivity contribution >= 4 is 0 Å². The molecule has 2 aliphatic carbocycles. The van der Waals surface area contributed by atoms with Crippen molar-refractivity contribution in [2.45, 2.75) is 84.4 Å². The first-order valence-electron chi connectivity index (χ1n) is 10.7. The highest BCUT2D eigenvalue weighted by molar-refractivity contribution is 5.58. The third kappa shape index (κ3) is 2.08. The van der Waals surface area contributed by atoms with Gasteiger partial charge < -0.3 is 24.8 Å². The average molecular weight is 389 g/mol. The van der Waals surface area contributed by atoms with E-state index in [2.05, 4.69) is 27.7 Å². The molecule has 5 nitrogen and oxygen atoms in total. The molecule has 6 atom stereocenters. The van der Waals surface area contributed by atoms with E-state index < -0.39 is 11.9 Å². The van der Waals surface area contributed by atoms with Crippen molar-refractivity contribution in [3.8, 4) is 11.5 Å². The molecule has 0 unspecified atom stereocenters. The van der Waals surface area contributed by atoms with Crippen molar-refractivity contribution in [1.82, 2.24) is 0 Å². The maximum Gasteiger partial charge on any atom is 0.182 e. The summed E-state index contributed by atoms with van der Waals surface area (Å²) >= 11 is 0. The van der Waals surface area contributed by atoms with Gasteiger partial charge in [0.1, 0.15) is 17.1 Å². The summed E-state index contributed by atoms with van der Waals surface area (Å²) in [7, 11) is 0. The number of phenols is 1. The highest BCUT2D eigenvalue weighted by Gasteiger charge is 2.67. The number of rotatable bonds is 0. The molecule has 2 aliphatic heterocycles. The van der Waals surface area contributed by atoms with E-state index in [1.165, 1.54) is 0 Å². The quantitative estimate of drug-likeness (QED) is 0.630. The largest absolute Gasteiger partial charge is 0.508 e. The highest BCUT2D eigenvalue weighted by Crippen LogP contribution is 2.67. The molecule has 0 saturated heterocycles. The third-order valence-electron chi connectivity index (χ3n) is 8.99. The molecule has 0 radical (unpaired) electrons. The first-order chi connectivity index (χ1) is 13.1. The Morgan fingerprint density at radius 2 is 1.82 bits per heavy atom. The number of phenolic OH excluding ortho intramolecular Hbond substituents is 1. The van der Waals surface area contributed by atoms with Crippen molar-refractivity contribution in [3.63, 3.8) is 0 Å². The molecule has 2 saturated carbocycles. The van der Waals surface area contributed by atoms with E-state index in [0.717, 1.165) is 42.6 Å². The molecule has 1 aromatic carbocycles. The van der Waals surface area contributed by atoms with Gasteiger partial charge in [-0.25, -0.2) is 0 Å². The minimum absolute atomic E-state index is 0.0934. The van der Waals surface area contributed by atoms with Gasteiger partial charge in [-0.2, -0.15) is 0 Å². The number of aliphatic hydroxyl groups is 2. The molecule has 1 aromatic rings. The lowest BCUT2D eigenvalue weighted by molar-refractivity contribution is -0.210. The summed E-state index contributed by atoms with van der Waals surface area (Å²) in [5.74, 6) is 1.62. The van der Waals surface area contributed by atoms with Crippen molar-refractivity contribution in [1.29, 1.82) is 0 Å². The second-order valence-electron chi connectivity index (χ2n) is 10.4. The third-order valence-corrected chi connectivity index (χ3v) is 8.99. The molecule has 2 fully saturated rings. The maximum absolute atomic E-state index is 10.8. The minimum atomic E-state index is -0.998. The number of aromatic hydroxyl groups is 1. The molecule has 5 rings (SSSR count). The predicted molar refractivity (Wildman–Crippen MR) is 104 cm³/mol. The van der Waals surface area contributed by atoms with Crippen molar-refractivity contribution < 1.29 is 24.8 Å². The Balaban J connectivity index is 1.64. The van der Waals surface area contributed by atoms with Crippen LogP contribution in [0.25, 0.3) is 0 Å².